The van der Waals surface area contributed by atoms with E-state index < -0.39 is 29.7 Å². The van der Waals surface area contributed by atoms with Gasteiger partial charge in [-0.1, -0.05) is 36.4 Å². The van der Waals surface area contributed by atoms with Crippen molar-refractivity contribution in [2.45, 2.75) is 50.9 Å². The van der Waals surface area contributed by atoms with E-state index in [1.165, 1.54) is 5.56 Å². The van der Waals surface area contributed by atoms with Crippen LogP contribution in [0.5, 0.6) is 0 Å². The molecule has 1 aromatic heterocycles. The number of fused-ring (bicyclic) bond motifs is 1. The number of anilines is 1. The minimum atomic E-state index is -0.986. The summed E-state index contributed by atoms with van der Waals surface area (Å²) >= 11 is 0. The van der Waals surface area contributed by atoms with E-state index in [1.54, 1.807) is 18.2 Å². The normalized spacial score (nSPS) is 20.3. The maximum absolute atomic E-state index is 13.3. The van der Waals surface area contributed by atoms with Crippen LogP contribution in [0.25, 0.3) is 0 Å². The Morgan fingerprint density at radius 1 is 0.897 bits per heavy atom. The highest BCUT2D eigenvalue weighted by Crippen LogP contribution is 2.32. The van der Waals surface area contributed by atoms with Gasteiger partial charge in [0.1, 0.15) is 6.04 Å². The summed E-state index contributed by atoms with van der Waals surface area (Å²) in [5, 5.41) is 10.1. The van der Waals surface area contributed by atoms with Gasteiger partial charge in [0.25, 0.3) is 11.8 Å². The molecule has 0 spiro atoms. The van der Waals surface area contributed by atoms with Crippen LogP contribution in [0, 0.1) is 0 Å². The van der Waals surface area contributed by atoms with Crippen LogP contribution < -0.4 is 10.6 Å². The van der Waals surface area contributed by atoms with Gasteiger partial charge in [-0.15, -0.1) is 0 Å². The Bertz CT molecular complexity index is 1430. The zero-order chi connectivity index (χ0) is 26.9. The van der Waals surface area contributed by atoms with Crippen molar-refractivity contribution < 1.29 is 19.2 Å². The number of aromatic nitrogens is 2. The van der Waals surface area contributed by atoms with Gasteiger partial charge >= 0.3 is 0 Å². The summed E-state index contributed by atoms with van der Waals surface area (Å²) in [4.78, 5) is 53.7. The Labute approximate surface area is 226 Å². The molecule has 3 aliphatic heterocycles. The summed E-state index contributed by atoms with van der Waals surface area (Å²) in [6.07, 6.45) is 6.14. The number of carbonyl (C=O) groups is 4. The van der Waals surface area contributed by atoms with Crippen molar-refractivity contribution in [3.05, 3.63) is 83.2 Å². The van der Waals surface area contributed by atoms with E-state index in [2.05, 4.69) is 44.9 Å². The van der Waals surface area contributed by atoms with Crippen LogP contribution in [0.15, 0.2) is 60.9 Å². The Morgan fingerprint density at radius 3 is 2.46 bits per heavy atom. The first-order valence-corrected chi connectivity index (χ1v) is 13.4. The quantitative estimate of drug-likeness (QED) is 0.455. The van der Waals surface area contributed by atoms with E-state index in [-0.39, 0.29) is 24.0 Å². The number of piperidine rings is 2. The first-order chi connectivity index (χ1) is 19.0. The summed E-state index contributed by atoms with van der Waals surface area (Å²) < 4.78 is 2.03. The molecular formula is C29H30N6O4. The molecule has 0 bridgehead atoms. The highest BCUT2D eigenvalue weighted by Gasteiger charge is 2.45. The van der Waals surface area contributed by atoms with Crippen LogP contribution in [-0.2, 0) is 22.7 Å². The number of hydrogen-bond donors (Lipinski definition) is 2. The van der Waals surface area contributed by atoms with Crippen molar-refractivity contribution in [2.24, 2.45) is 0 Å². The molecule has 4 heterocycles. The van der Waals surface area contributed by atoms with Crippen LogP contribution >= 0.6 is 0 Å². The Balaban J connectivity index is 1.08. The average Bonchev–Trinajstić information content (AvgIpc) is 3.52. The lowest BCUT2D eigenvalue weighted by Gasteiger charge is -2.32. The fourth-order valence-corrected chi connectivity index (χ4v) is 5.71. The molecule has 2 saturated heterocycles. The molecule has 2 fully saturated rings. The van der Waals surface area contributed by atoms with Crippen LogP contribution in [0.1, 0.15) is 63.6 Å². The summed E-state index contributed by atoms with van der Waals surface area (Å²) in [7, 11) is 0. The standard InChI is InChI=1S/C29H30N6O4/c36-25-10-9-24(27(37)32-25)35-28(38)22-7-4-8-23(26(22)29(35)39)30-15-20-16-31-34(18-20)21-11-13-33(14-12-21)17-19-5-2-1-3-6-19/h1-8,16,18,21,24,30H,9-15,17H2,(H,32,36,37). The van der Waals surface area contributed by atoms with E-state index in [4.69, 9.17) is 0 Å². The molecule has 3 aromatic rings. The van der Waals surface area contributed by atoms with E-state index >= 15 is 0 Å². The Kier molecular flexibility index (Phi) is 6.70. The number of nitrogens with zero attached hydrogens (tertiary/aromatic N) is 4. The van der Waals surface area contributed by atoms with Crippen molar-refractivity contribution in [3.8, 4) is 0 Å². The van der Waals surface area contributed by atoms with Crippen molar-refractivity contribution in [1.29, 1.82) is 0 Å². The van der Waals surface area contributed by atoms with Gasteiger partial charge in [0.15, 0.2) is 0 Å². The molecule has 3 aliphatic rings. The summed E-state index contributed by atoms with van der Waals surface area (Å²) in [6.45, 7) is 3.43. The number of hydrogen-bond acceptors (Lipinski definition) is 7. The van der Waals surface area contributed by atoms with Crippen molar-refractivity contribution in [3.63, 3.8) is 0 Å². The molecule has 0 saturated carbocycles. The van der Waals surface area contributed by atoms with Gasteiger partial charge in [0, 0.05) is 50.0 Å². The molecule has 0 aliphatic carbocycles. The zero-order valence-corrected chi connectivity index (χ0v) is 21.5. The molecule has 200 valence electrons. The van der Waals surface area contributed by atoms with Crippen molar-refractivity contribution in [2.75, 3.05) is 18.4 Å². The molecule has 1 unspecified atom stereocenters. The van der Waals surface area contributed by atoms with E-state index in [0.29, 0.717) is 18.3 Å². The SMILES string of the molecule is O=C1CCC(N2C(=O)c3cccc(NCc4cnn(C5CCN(Cc6ccccc6)CC5)c4)c3C2=O)C(=O)N1. The molecule has 4 amide bonds. The van der Waals surface area contributed by atoms with Gasteiger partial charge < -0.3 is 5.32 Å². The number of carbonyl (C=O) groups excluding carboxylic acids is 4. The maximum Gasteiger partial charge on any atom is 0.264 e. The second-order valence-corrected chi connectivity index (χ2v) is 10.4. The molecule has 2 aromatic carbocycles. The highest BCUT2D eigenvalue weighted by atomic mass is 16.2. The van der Waals surface area contributed by atoms with Crippen LogP contribution in [-0.4, -0.2) is 62.3 Å². The predicted octanol–water partition coefficient (Wildman–Crippen LogP) is 2.73. The molecule has 6 rings (SSSR count). The van der Waals surface area contributed by atoms with E-state index in [1.807, 2.05) is 23.1 Å². The third-order valence-corrected chi connectivity index (χ3v) is 7.79. The van der Waals surface area contributed by atoms with Crippen molar-refractivity contribution in [1.82, 2.24) is 24.9 Å². The summed E-state index contributed by atoms with van der Waals surface area (Å²) in [5.74, 6) is -2.05. The predicted molar refractivity (Wildman–Crippen MR) is 143 cm³/mol. The fourth-order valence-electron chi connectivity index (χ4n) is 5.71. The Hall–Kier alpha value is -4.31. The molecular weight excluding hydrogens is 496 g/mol. The van der Waals surface area contributed by atoms with Gasteiger partial charge in [0.2, 0.25) is 11.8 Å². The Morgan fingerprint density at radius 2 is 1.69 bits per heavy atom. The van der Waals surface area contributed by atoms with Crippen LogP contribution in [0.4, 0.5) is 5.69 Å². The number of imide groups is 2. The number of rotatable bonds is 7. The van der Waals surface area contributed by atoms with Gasteiger partial charge in [-0.2, -0.15) is 5.10 Å². The molecule has 39 heavy (non-hydrogen) atoms. The summed E-state index contributed by atoms with van der Waals surface area (Å²) in [5.41, 5.74) is 3.34. The van der Waals surface area contributed by atoms with Crippen molar-refractivity contribution >= 4 is 29.3 Å². The monoisotopic (exact) mass is 526 g/mol. The lowest BCUT2D eigenvalue weighted by molar-refractivity contribution is -0.136. The molecule has 1 atom stereocenters. The third kappa shape index (κ3) is 4.95. The topological polar surface area (TPSA) is 117 Å². The number of benzene rings is 2. The lowest BCUT2D eigenvalue weighted by atomic mass is 10.0. The first-order valence-electron chi connectivity index (χ1n) is 13.4. The summed E-state index contributed by atoms with van der Waals surface area (Å²) in [6, 6.07) is 14.9. The highest BCUT2D eigenvalue weighted by molar-refractivity contribution is 6.25. The van der Waals surface area contributed by atoms with Gasteiger partial charge in [-0.3, -0.25) is 39.0 Å². The molecule has 10 heteroatoms. The van der Waals surface area contributed by atoms with Gasteiger partial charge in [-0.25, -0.2) is 0 Å². The maximum atomic E-state index is 13.3. The van der Waals surface area contributed by atoms with E-state index in [9.17, 15) is 19.2 Å². The molecule has 10 nitrogen and oxygen atoms in total. The zero-order valence-electron chi connectivity index (χ0n) is 21.5. The average molecular weight is 527 g/mol. The number of likely N-dealkylation sites (tertiary alicyclic amines) is 1. The van der Waals surface area contributed by atoms with Crippen LogP contribution in [0.2, 0.25) is 0 Å². The fraction of sp³-hybridized carbons (Fsp3) is 0.345. The smallest absolute Gasteiger partial charge is 0.264 e. The third-order valence-electron chi connectivity index (χ3n) is 7.79. The second-order valence-electron chi connectivity index (χ2n) is 10.4. The first kappa shape index (κ1) is 25.0. The second kappa shape index (κ2) is 10.5. The van der Waals surface area contributed by atoms with Gasteiger partial charge in [0.05, 0.1) is 23.4 Å². The largest absolute Gasteiger partial charge is 0.380 e. The number of amides is 4. The minimum absolute atomic E-state index is 0.0883. The molecule has 0 radical (unpaired) electrons. The van der Waals surface area contributed by atoms with Gasteiger partial charge in [-0.05, 0) is 37.0 Å². The lowest BCUT2D eigenvalue weighted by Crippen LogP contribution is -2.54. The van der Waals surface area contributed by atoms with E-state index in [0.717, 1.165) is 42.9 Å². The molecule has 2 N–H and O–H groups in total. The minimum Gasteiger partial charge on any atom is -0.380 e. The van der Waals surface area contributed by atoms with Crippen LogP contribution in [0.3, 0.4) is 0 Å². The number of nitrogens with one attached hydrogen (secondary N) is 2.